The molecule has 2 unspecified atom stereocenters. The average molecular weight is 376 g/mol. The van der Waals surface area contributed by atoms with Crippen LogP contribution in [0.3, 0.4) is 0 Å². The molecule has 0 spiro atoms. The van der Waals surface area contributed by atoms with Crippen molar-refractivity contribution in [2.75, 3.05) is 5.32 Å². The van der Waals surface area contributed by atoms with Crippen LogP contribution >= 0.6 is 12.4 Å². The van der Waals surface area contributed by atoms with Crippen molar-refractivity contribution in [1.29, 1.82) is 0 Å². The number of halogens is 1. The maximum Gasteiger partial charge on any atom is 0.227 e. The Morgan fingerprint density at radius 2 is 2.00 bits per heavy atom. The number of anilines is 1. The van der Waals surface area contributed by atoms with E-state index in [9.17, 15) is 4.79 Å². The number of aryl methyl sites for hydroxylation is 1. The first-order valence-electron chi connectivity index (χ1n) is 9.19. The summed E-state index contributed by atoms with van der Waals surface area (Å²) in [5, 5.41) is 3.08. The summed E-state index contributed by atoms with van der Waals surface area (Å²) in [6.07, 6.45) is 7.06. The number of fused-ring (bicyclic) bond motifs is 2. The van der Waals surface area contributed by atoms with Crippen LogP contribution in [-0.4, -0.2) is 16.9 Å². The van der Waals surface area contributed by atoms with E-state index in [0.717, 1.165) is 29.8 Å². The van der Waals surface area contributed by atoms with Crippen LogP contribution < -0.4 is 11.1 Å². The molecular weight excluding hydrogens is 350 g/mol. The van der Waals surface area contributed by atoms with Gasteiger partial charge < -0.3 is 15.5 Å². The smallest absolute Gasteiger partial charge is 0.227 e. The van der Waals surface area contributed by atoms with E-state index in [1.807, 2.05) is 31.2 Å². The number of hydrogen-bond donors (Lipinski definition) is 2. The van der Waals surface area contributed by atoms with Crippen LogP contribution in [0.1, 0.15) is 37.8 Å². The maximum atomic E-state index is 12.8. The second-order valence-electron chi connectivity index (χ2n) is 7.56. The highest BCUT2D eigenvalue weighted by Crippen LogP contribution is 2.42. The maximum absolute atomic E-state index is 12.8. The van der Waals surface area contributed by atoms with E-state index >= 15 is 0 Å². The lowest BCUT2D eigenvalue weighted by Gasteiger charge is -2.43. The number of amides is 1. The summed E-state index contributed by atoms with van der Waals surface area (Å²) in [6, 6.07) is 7.96. The zero-order valence-corrected chi connectivity index (χ0v) is 15.8. The van der Waals surface area contributed by atoms with Crippen LogP contribution in [0.25, 0.3) is 11.5 Å². The first kappa shape index (κ1) is 18.9. The van der Waals surface area contributed by atoms with Crippen LogP contribution in [0.15, 0.2) is 34.9 Å². The van der Waals surface area contributed by atoms with E-state index in [4.69, 9.17) is 10.2 Å². The van der Waals surface area contributed by atoms with Crippen LogP contribution in [0.4, 0.5) is 5.69 Å². The van der Waals surface area contributed by atoms with Crippen LogP contribution in [0.2, 0.25) is 0 Å². The lowest BCUT2D eigenvalue weighted by Crippen LogP contribution is -2.48. The highest BCUT2D eigenvalue weighted by Gasteiger charge is 2.40. The van der Waals surface area contributed by atoms with Crippen LogP contribution in [-0.2, 0) is 4.79 Å². The Balaban J connectivity index is 0.00000196. The van der Waals surface area contributed by atoms with Gasteiger partial charge in [-0.3, -0.25) is 4.79 Å². The van der Waals surface area contributed by atoms with Crippen molar-refractivity contribution in [2.45, 2.75) is 45.1 Å². The number of nitrogens with two attached hydrogens (primary N) is 1. The van der Waals surface area contributed by atoms with Crippen molar-refractivity contribution in [3.8, 4) is 11.5 Å². The molecule has 0 saturated heterocycles. The Kier molecular flexibility index (Phi) is 5.68. The predicted molar refractivity (Wildman–Crippen MR) is 104 cm³/mol. The van der Waals surface area contributed by atoms with Gasteiger partial charge in [0, 0.05) is 23.2 Å². The van der Waals surface area contributed by atoms with E-state index in [-0.39, 0.29) is 30.3 Å². The lowest BCUT2D eigenvalue weighted by molar-refractivity contribution is -0.122. The molecule has 1 amide bonds. The number of aromatic nitrogens is 1. The third-order valence-electron chi connectivity index (χ3n) is 5.78. The molecule has 2 saturated carbocycles. The second-order valence-corrected chi connectivity index (χ2v) is 7.56. The van der Waals surface area contributed by atoms with Gasteiger partial charge >= 0.3 is 0 Å². The van der Waals surface area contributed by atoms with Gasteiger partial charge in [-0.25, -0.2) is 4.98 Å². The minimum Gasteiger partial charge on any atom is -0.444 e. The summed E-state index contributed by atoms with van der Waals surface area (Å²) in [5.41, 5.74) is 8.84. The quantitative estimate of drug-likeness (QED) is 0.843. The summed E-state index contributed by atoms with van der Waals surface area (Å²) in [4.78, 5) is 17.1. The molecule has 3 N–H and O–H groups in total. The van der Waals surface area contributed by atoms with Crippen molar-refractivity contribution >= 4 is 24.0 Å². The Morgan fingerprint density at radius 3 is 2.65 bits per heavy atom. The fourth-order valence-electron chi connectivity index (χ4n) is 4.46. The minimum atomic E-state index is 0. The zero-order chi connectivity index (χ0) is 17.4. The fraction of sp³-hybridized carbons (Fsp3) is 0.500. The standard InChI is InChI=1S/C20H25N3O2.ClH/c1-12-11-25-20(22-12)15-6-3-7-17(10-15)23-19(24)16-8-13-4-2-5-14(9-16)18(13)21;/h3,6-7,10-11,13-14,16,18H,2,4-5,8-9,21H2,1H3,(H,23,24);1H. The van der Waals surface area contributed by atoms with Gasteiger partial charge in [0.2, 0.25) is 11.8 Å². The molecule has 1 aromatic carbocycles. The van der Waals surface area contributed by atoms with Gasteiger partial charge in [-0.2, -0.15) is 0 Å². The van der Waals surface area contributed by atoms with Crippen molar-refractivity contribution in [1.82, 2.24) is 4.98 Å². The molecule has 6 heteroatoms. The second kappa shape index (κ2) is 7.80. The first-order valence-corrected chi connectivity index (χ1v) is 9.19. The van der Waals surface area contributed by atoms with Crippen molar-refractivity contribution in [2.24, 2.45) is 23.5 Å². The summed E-state index contributed by atoms with van der Waals surface area (Å²) < 4.78 is 5.45. The molecule has 0 aliphatic heterocycles. The van der Waals surface area contributed by atoms with Gasteiger partial charge in [0.15, 0.2) is 0 Å². The predicted octanol–water partition coefficient (Wildman–Crippen LogP) is 4.16. The molecule has 140 valence electrons. The van der Waals surface area contributed by atoms with Gasteiger partial charge in [-0.05, 0) is 62.6 Å². The molecule has 0 radical (unpaired) electrons. The Hall–Kier alpha value is -1.85. The van der Waals surface area contributed by atoms with Gasteiger partial charge in [-0.1, -0.05) is 12.5 Å². The monoisotopic (exact) mass is 375 g/mol. The summed E-state index contributed by atoms with van der Waals surface area (Å²) in [6.45, 7) is 1.89. The SMILES string of the molecule is Cc1coc(-c2cccc(NC(=O)C3CC4CCCC(C3)C4N)c2)n1.Cl. The number of nitrogens with zero attached hydrogens (tertiary/aromatic N) is 1. The van der Waals surface area contributed by atoms with E-state index in [1.165, 1.54) is 19.3 Å². The zero-order valence-electron chi connectivity index (χ0n) is 15.0. The van der Waals surface area contributed by atoms with Gasteiger partial charge in [0.25, 0.3) is 0 Å². The van der Waals surface area contributed by atoms with Crippen LogP contribution in [0, 0.1) is 24.7 Å². The van der Waals surface area contributed by atoms with Crippen molar-refractivity contribution < 1.29 is 9.21 Å². The summed E-state index contributed by atoms with van der Waals surface area (Å²) >= 11 is 0. The molecule has 2 aliphatic carbocycles. The molecule has 4 rings (SSSR count). The molecule has 1 heterocycles. The fourth-order valence-corrected chi connectivity index (χ4v) is 4.46. The Morgan fingerprint density at radius 1 is 1.27 bits per heavy atom. The van der Waals surface area contributed by atoms with Gasteiger partial charge in [0.1, 0.15) is 6.26 Å². The number of rotatable bonds is 3. The largest absolute Gasteiger partial charge is 0.444 e. The summed E-state index contributed by atoms with van der Waals surface area (Å²) in [5.74, 6) is 1.77. The summed E-state index contributed by atoms with van der Waals surface area (Å²) in [7, 11) is 0. The number of benzene rings is 1. The number of nitrogens with one attached hydrogen (secondary N) is 1. The van der Waals surface area contributed by atoms with Gasteiger partial charge in [0.05, 0.1) is 5.69 Å². The van der Waals surface area contributed by atoms with E-state index in [1.54, 1.807) is 6.26 Å². The van der Waals surface area contributed by atoms with Gasteiger partial charge in [-0.15, -0.1) is 12.4 Å². The Bertz CT molecular complexity index is 762. The van der Waals surface area contributed by atoms with Crippen molar-refractivity contribution in [3.63, 3.8) is 0 Å². The number of carbonyl (C=O) groups excluding carboxylic acids is 1. The molecule has 5 nitrogen and oxygen atoms in total. The van der Waals surface area contributed by atoms with Crippen LogP contribution in [0.5, 0.6) is 0 Å². The molecule has 2 atom stereocenters. The lowest BCUT2D eigenvalue weighted by atomic mass is 9.65. The van der Waals surface area contributed by atoms with E-state index < -0.39 is 0 Å². The third kappa shape index (κ3) is 3.79. The topological polar surface area (TPSA) is 81.2 Å². The highest BCUT2D eigenvalue weighted by atomic mass is 35.5. The minimum absolute atomic E-state index is 0. The molecule has 2 fully saturated rings. The van der Waals surface area contributed by atoms with E-state index in [0.29, 0.717) is 17.7 Å². The Labute approximate surface area is 160 Å². The molecule has 2 aliphatic rings. The van der Waals surface area contributed by atoms with E-state index in [2.05, 4.69) is 10.3 Å². The first-order chi connectivity index (χ1) is 12.1. The molecular formula is C20H26ClN3O2. The number of carbonyl (C=O) groups is 1. The molecule has 2 aromatic rings. The third-order valence-corrected chi connectivity index (χ3v) is 5.78. The van der Waals surface area contributed by atoms with Crippen molar-refractivity contribution in [3.05, 3.63) is 36.2 Å². The average Bonchev–Trinajstić information content (AvgIpc) is 3.01. The number of hydrogen-bond acceptors (Lipinski definition) is 4. The number of oxazole rings is 1. The molecule has 2 bridgehead atoms. The molecule has 1 aromatic heterocycles. The normalized spacial score (nSPS) is 27.5. The highest BCUT2D eigenvalue weighted by molar-refractivity contribution is 5.93. The molecule has 26 heavy (non-hydrogen) atoms.